The van der Waals surface area contributed by atoms with Crippen LogP contribution in [0.2, 0.25) is 0 Å². The molecule has 0 unspecified atom stereocenters. The van der Waals surface area contributed by atoms with Crippen molar-refractivity contribution in [2.45, 2.75) is 5.03 Å². The molecule has 0 radical (unpaired) electrons. The molecule has 0 fully saturated rings. The Morgan fingerprint density at radius 3 is 2.92 bits per heavy atom. The summed E-state index contributed by atoms with van der Waals surface area (Å²) >= 11 is 4.38. The summed E-state index contributed by atoms with van der Waals surface area (Å²) in [5.41, 5.74) is 0. The number of sulfonamides is 1. The number of rotatable bonds is 1. The van der Waals surface area contributed by atoms with Gasteiger partial charge in [0.15, 0.2) is 9.99 Å². The SMILES string of the molecule is NS(=O)(=O)c1c(Br)nc2sccn12. The second kappa shape index (κ2) is 2.77. The van der Waals surface area contributed by atoms with Crippen LogP contribution in [0.5, 0.6) is 0 Å². The van der Waals surface area contributed by atoms with Crippen LogP contribution in [0.4, 0.5) is 0 Å². The van der Waals surface area contributed by atoms with Gasteiger partial charge in [-0.1, -0.05) is 0 Å². The molecule has 2 aromatic rings. The van der Waals surface area contributed by atoms with Gasteiger partial charge in [0.1, 0.15) is 4.60 Å². The lowest BCUT2D eigenvalue weighted by Crippen LogP contribution is -2.14. The molecule has 2 heterocycles. The van der Waals surface area contributed by atoms with E-state index < -0.39 is 10.0 Å². The summed E-state index contributed by atoms with van der Waals surface area (Å²) < 4.78 is 23.9. The average molecular weight is 282 g/mol. The molecule has 13 heavy (non-hydrogen) atoms. The third kappa shape index (κ3) is 1.39. The van der Waals surface area contributed by atoms with Crippen molar-refractivity contribution in [3.63, 3.8) is 0 Å². The molecule has 2 N–H and O–H groups in total. The molecule has 2 aromatic heterocycles. The summed E-state index contributed by atoms with van der Waals surface area (Å²) in [5.74, 6) is 0. The molecule has 2 rings (SSSR count). The molecule has 0 aromatic carbocycles. The van der Waals surface area contributed by atoms with Gasteiger partial charge in [0.25, 0.3) is 10.0 Å². The number of fused-ring (bicyclic) bond motifs is 1. The highest BCUT2D eigenvalue weighted by atomic mass is 79.9. The van der Waals surface area contributed by atoms with Crippen molar-refractivity contribution < 1.29 is 8.42 Å². The Morgan fingerprint density at radius 1 is 1.62 bits per heavy atom. The van der Waals surface area contributed by atoms with Crippen LogP contribution in [0.15, 0.2) is 21.2 Å². The van der Waals surface area contributed by atoms with Crippen LogP contribution >= 0.6 is 27.3 Å². The van der Waals surface area contributed by atoms with E-state index in [1.165, 1.54) is 15.7 Å². The predicted octanol–water partition coefficient (Wildman–Crippen LogP) is 0.806. The molecule has 0 saturated heterocycles. The topological polar surface area (TPSA) is 77.5 Å². The molecular weight excluding hydrogens is 278 g/mol. The fourth-order valence-electron chi connectivity index (χ4n) is 0.993. The highest BCUT2D eigenvalue weighted by Crippen LogP contribution is 2.24. The van der Waals surface area contributed by atoms with Gasteiger partial charge in [0.2, 0.25) is 0 Å². The van der Waals surface area contributed by atoms with Crippen LogP contribution in [-0.4, -0.2) is 17.8 Å². The summed E-state index contributed by atoms with van der Waals surface area (Å²) in [4.78, 5) is 4.57. The van der Waals surface area contributed by atoms with Crippen LogP contribution in [0.3, 0.4) is 0 Å². The molecule has 0 amide bonds. The summed E-state index contributed by atoms with van der Waals surface area (Å²) in [6.45, 7) is 0. The predicted molar refractivity (Wildman–Crippen MR) is 52.1 cm³/mol. The van der Waals surface area contributed by atoms with Gasteiger partial charge in [-0.25, -0.2) is 18.5 Å². The Morgan fingerprint density at radius 2 is 2.31 bits per heavy atom. The number of nitrogens with two attached hydrogens (primary N) is 1. The number of imidazole rings is 1. The Labute approximate surface area is 86.4 Å². The minimum absolute atomic E-state index is 0.0104. The lowest BCUT2D eigenvalue weighted by Gasteiger charge is -1.94. The van der Waals surface area contributed by atoms with E-state index in [0.29, 0.717) is 4.96 Å². The van der Waals surface area contributed by atoms with Gasteiger partial charge in [-0.15, -0.1) is 11.3 Å². The van der Waals surface area contributed by atoms with Crippen molar-refractivity contribution in [2.24, 2.45) is 5.14 Å². The van der Waals surface area contributed by atoms with Crippen LogP contribution < -0.4 is 5.14 Å². The third-order valence-corrected chi connectivity index (χ3v) is 3.95. The molecule has 5 nitrogen and oxygen atoms in total. The Bertz CT molecular complexity index is 555. The van der Waals surface area contributed by atoms with Crippen molar-refractivity contribution in [1.82, 2.24) is 9.38 Å². The highest BCUT2D eigenvalue weighted by Gasteiger charge is 2.20. The molecule has 8 heteroatoms. The van der Waals surface area contributed by atoms with Crippen molar-refractivity contribution in [3.8, 4) is 0 Å². The second-order valence-electron chi connectivity index (χ2n) is 2.31. The Hall–Kier alpha value is -0.440. The maximum absolute atomic E-state index is 11.1. The van der Waals surface area contributed by atoms with Gasteiger partial charge in [-0.3, -0.25) is 4.40 Å². The Balaban J connectivity index is 2.94. The molecule has 0 saturated carbocycles. The van der Waals surface area contributed by atoms with Gasteiger partial charge in [-0.2, -0.15) is 0 Å². The monoisotopic (exact) mass is 281 g/mol. The number of halogens is 1. The molecule has 0 bridgehead atoms. The first-order chi connectivity index (χ1) is 6.00. The summed E-state index contributed by atoms with van der Waals surface area (Å²) in [7, 11) is -3.73. The fraction of sp³-hybridized carbons (Fsp3) is 0. The largest absolute Gasteiger partial charge is 0.279 e. The molecular formula is C5H4BrN3O2S2. The van der Waals surface area contributed by atoms with Gasteiger partial charge >= 0.3 is 0 Å². The summed E-state index contributed by atoms with van der Waals surface area (Å²) in [6, 6.07) is 0. The normalized spacial score (nSPS) is 12.5. The smallest absolute Gasteiger partial charge is 0.256 e. The molecule has 70 valence electrons. The lowest BCUT2D eigenvalue weighted by atomic mass is 10.9. The van der Waals surface area contributed by atoms with E-state index in [9.17, 15) is 8.42 Å². The van der Waals surface area contributed by atoms with E-state index in [2.05, 4.69) is 20.9 Å². The number of nitrogens with zero attached hydrogens (tertiary/aromatic N) is 2. The van der Waals surface area contributed by atoms with Crippen molar-refractivity contribution in [1.29, 1.82) is 0 Å². The quantitative estimate of drug-likeness (QED) is 0.840. The van der Waals surface area contributed by atoms with Gasteiger partial charge in [0, 0.05) is 11.6 Å². The lowest BCUT2D eigenvalue weighted by molar-refractivity contribution is 0.592. The van der Waals surface area contributed by atoms with Gasteiger partial charge < -0.3 is 0 Å². The zero-order chi connectivity index (χ0) is 9.64. The second-order valence-corrected chi connectivity index (χ2v) is 5.41. The molecule has 0 aliphatic rings. The number of aromatic nitrogens is 2. The Kier molecular flexibility index (Phi) is 1.95. The molecule has 0 spiro atoms. The van der Waals surface area contributed by atoms with Crippen molar-refractivity contribution in [3.05, 3.63) is 16.2 Å². The maximum Gasteiger partial charge on any atom is 0.256 e. The van der Waals surface area contributed by atoms with E-state index in [1.807, 2.05) is 0 Å². The third-order valence-electron chi connectivity index (χ3n) is 1.45. The highest BCUT2D eigenvalue weighted by molar-refractivity contribution is 9.10. The van der Waals surface area contributed by atoms with Gasteiger partial charge in [0.05, 0.1) is 0 Å². The minimum Gasteiger partial charge on any atom is -0.279 e. The van der Waals surface area contributed by atoms with Crippen LogP contribution in [-0.2, 0) is 10.0 Å². The molecule has 0 aliphatic heterocycles. The molecule has 0 aliphatic carbocycles. The first-order valence-corrected chi connectivity index (χ1v) is 6.36. The zero-order valence-corrected chi connectivity index (χ0v) is 9.36. The number of hydrogen-bond acceptors (Lipinski definition) is 4. The van der Waals surface area contributed by atoms with E-state index in [1.54, 1.807) is 11.6 Å². The van der Waals surface area contributed by atoms with E-state index >= 15 is 0 Å². The van der Waals surface area contributed by atoms with Crippen molar-refractivity contribution in [2.75, 3.05) is 0 Å². The first kappa shape index (κ1) is 9.13. The number of hydrogen-bond donors (Lipinski definition) is 1. The van der Waals surface area contributed by atoms with Gasteiger partial charge in [-0.05, 0) is 15.9 Å². The molecule has 0 atom stereocenters. The minimum atomic E-state index is -3.73. The fourth-order valence-corrected chi connectivity index (χ4v) is 3.62. The van der Waals surface area contributed by atoms with Crippen LogP contribution in [0.1, 0.15) is 0 Å². The number of primary sulfonamides is 1. The van der Waals surface area contributed by atoms with E-state index in [0.717, 1.165) is 0 Å². The van der Waals surface area contributed by atoms with Crippen molar-refractivity contribution >= 4 is 42.3 Å². The first-order valence-electron chi connectivity index (χ1n) is 3.14. The van der Waals surface area contributed by atoms with E-state index in [-0.39, 0.29) is 9.63 Å². The van der Waals surface area contributed by atoms with Crippen LogP contribution in [0.25, 0.3) is 4.96 Å². The average Bonchev–Trinajstić information content (AvgIpc) is 2.41. The zero-order valence-electron chi connectivity index (χ0n) is 6.14. The summed E-state index contributed by atoms with van der Waals surface area (Å²) in [6.07, 6.45) is 1.61. The number of thiazole rings is 1. The maximum atomic E-state index is 11.1. The summed E-state index contributed by atoms with van der Waals surface area (Å²) in [5, 5.41) is 6.74. The van der Waals surface area contributed by atoms with Crippen LogP contribution in [0, 0.1) is 0 Å². The standard InChI is InChI=1S/C5H4BrN3O2S2/c6-3-4(13(7,10)11)9-1-2-12-5(9)8-3/h1-2H,(H2,7,10,11). The van der Waals surface area contributed by atoms with E-state index in [4.69, 9.17) is 5.14 Å².